The molecule has 4 nitrogen and oxygen atoms in total. The van der Waals surface area contributed by atoms with E-state index in [0.717, 1.165) is 19.3 Å². The van der Waals surface area contributed by atoms with Gasteiger partial charge in [0, 0.05) is 12.5 Å². The van der Waals surface area contributed by atoms with E-state index in [4.69, 9.17) is 9.26 Å². The van der Waals surface area contributed by atoms with Gasteiger partial charge in [0.05, 0.1) is 12.2 Å². The summed E-state index contributed by atoms with van der Waals surface area (Å²) in [4.78, 5) is 10.7. The van der Waals surface area contributed by atoms with E-state index in [-0.39, 0.29) is 5.92 Å². The molecule has 1 aliphatic rings. The van der Waals surface area contributed by atoms with Crippen molar-refractivity contribution < 1.29 is 14.1 Å². The lowest BCUT2D eigenvalue weighted by Gasteiger charge is -2.01. The summed E-state index contributed by atoms with van der Waals surface area (Å²) < 4.78 is 10.7. The highest BCUT2D eigenvalue weighted by atomic mass is 79.9. The van der Waals surface area contributed by atoms with Crippen molar-refractivity contribution in [2.45, 2.75) is 12.3 Å². The maximum Gasteiger partial charge on any atom is 0.160 e. The SMILES string of the molecule is O=Cc1c(Br)noc1C1CCOC1. The van der Waals surface area contributed by atoms with Crippen LogP contribution in [0.4, 0.5) is 0 Å². The molecule has 0 radical (unpaired) electrons. The molecule has 1 unspecified atom stereocenters. The van der Waals surface area contributed by atoms with Crippen LogP contribution in [0.3, 0.4) is 0 Å². The highest BCUT2D eigenvalue weighted by molar-refractivity contribution is 9.10. The van der Waals surface area contributed by atoms with Crippen LogP contribution in [0.5, 0.6) is 0 Å². The van der Waals surface area contributed by atoms with Gasteiger partial charge in [-0.15, -0.1) is 0 Å². The van der Waals surface area contributed by atoms with Crippen molar-refractivity contribution in [3.8, 4) is 0 Å². The van der Waals surface area contributed by atoms with Crippen molar-refractivity contribution in [3.63, 3.8) is 0 Å². The van der Waals surface area contributed by atoms with Crippen LogP contribution in [0.15, 0.2) is 9.13 Å². The summed E-state index contributed by atoms with van der Waals surface area (Å²) in [5, 5.41) is 3.69. The minimum absolute atomic E-state index is 0.180. The molecule has 70 valence electrons. The first kappa shape index (κ1) is 8.90. The van der Waals surface area contributed by atoms with Crippen LogP contribution < -0.4 is 0 Å². The van der Waals surface area contributed by atoms with Crippen molar-refractivity contribution in [1.82, 2.24) is 5.16 Å². The van der Waals surface area contributed by atoms with Crippen LogP contribution in [0.25, 0.3) is 0 Å². The Balaban J connectivity index is 2.32. The summed E-state index contributed by atoms with van der Waals surface area (Å²) in [7, 11) is 0. The average Bonchev–Trinajstić information content (AvgIpc) is 2.71. The molecule has 1 aliphatic heterocycles. The molecule has 0 aliphatic carbocycles. The third-order valence-corrected chi connectivity index (χ3v) is 2.70. The minimum Gasteiger partial charge on any atom is -0.381 e. The molecule has 1 atom stereocenters. The van der Waals surface area contributed by atoms with Crippen molar-refractivity contribution in [3.05, 3.63) is 15.9 Å². The molecular weight excluding hydrogens is 238 g/mol. The smallest absolute Gasteiger partial charge is 0.160 e. The van der Waals surface area contributed by atoms with Gasteiger partial charge in [-0.1, -0.05) is 5.16 Å². The number of hydrogen-bond acceptors (Lipinski definition) is 4. The van der Waals surface area contributed by atoms with Crippen molar-refractivity contribution in [2.24, 2.45) is 0 Å². The van der Waals surface area contributed by atoms with E-state index in [1.807, 2.05) is 0 Å². The van der Waals surface area contributed by atoms with E-state index in [1.54, 1.807) is 0 Å². The van der Waals surface area contributed by atoms with Gasteiger partial charge in [-0.3, -0.25) is 4.79 Å². The summed E-state index contributed by atoms with van der Waals surface area (Å²) in [6.45, 7) is 1.34. The Morgan fingerprint density at radius 3 is 3.08 bits per heavy atom. The Hall–Kier alpha value is -0.680. The number of aldehydes is 1. The molecule has 1 aromatic heterocycles. The normalized spacial score (nSPS) is 22.1. The molecule has 0 amide bonds. The van der Waals surface area contributed by atoms with Gasteiger partial charge >= 0.3 is 0 Å². The fourth-order valence-corrected chi connectivity index (χ4v) is 1.79. The molecule has 0 spiro atoms. The first-order valence-corrected chi connectivity index (χ1v) is 4.80. The Bertz CT molecular complexity index is 317. The largest absolute Gasteiger partial charge is 0.381 e. The Morgan fingerprint density at radius 2 is 2.46 bits per heavy atom. The van der Waals surface area contributed by atoms with E-state index < -0.39 is 0 Å². The number of halogens is 1. The summed E-state index contributed by atoms with van der Waals surface area (Å²) in [6.07, 6.45) is 1.65. The molecule has 0 aromatic carbocycles. The summed E-state index contributed by atoms with van der Waals surface area (Å²) in [5.41, 5.74) is 0.510. The fraction of sp³-hybridized carbons (Fsp3) is 0.500. The molecule has 1 fully saturated rings. The Labute approximate surface area is 83.4 Å². The van der Waals surface area contributed by atoms with Crippen molar-refractivity contribution in [2.75, 3.05) is 13.2 Å². The van der Waals surface area contributed by atoms with E-state index in [9.17, 15) is 4.79 Å². The number of rotatable bonds is 2. The highest BCUT2D eigenvalue weighted by Crippen LogP contribution is 2.30. The lowest BCUT2D eigenvalue weighted by Crippen LogP contribution is -1.99. The second-order valence-corrected chi connectivity index (χ2v) is 3.68. The quantitative estimate of drug-likeness (QED) is 0.746. The third-order valence-electron chi connectivity index (χ3n) is 2.13. The van der Waals surface area contributed by atoms with E-state index in [0.29, 0.717) is 22.5 Å². The van der Waals surface area contributed by atoms with Gasteiger partial charge in [0.2, 0.25) is 0 Å². The van der Waals surface area contributed by atoms with Gasteiger partial charge in [-0.25, -0.2) is 0 Å². The molecule has 0 bridgehead atoms. The molecule has 0 N–H and O–H groups in total. The van der Waals surface area contributed by atoms with Crippen molar-refractivity contribution in [1.29, 1.82) is 0 Å². The summed E-state index contributed by atoms with van der Waals surface area (Å²) in [5.74, 6) is 0.818. The first-order chi connectivity index (χ1) is 6.33. The zero-order chi connectivity index (χ0) is 9.26. The van der Waals surface area contributed by atoms with Gasteiger partial charge < -0.3 is 9.26 Å². The fourth-order valence-electron chi connectivity index (χ4n) is 1.43. The van der Waals surface area contributed by atoms with Crippen LogP contribution in [0.2, 0.25) is 0 Å². The standard InChI is InChI=1S/C8H8BrNO3/c9-8-6(3-11)7(13-10-8)5-1-2-12-4-5/h3,5H,1-2,4H2. The minimum atomic E-state index is 0.180. The summed E-state index contributed by atoms with van der Waals surface area (Å²) >= 11 is 3.15. The van der Waals surface area contributed by atoms with Crippen LogP contribution >= 0.6 is 15.9 Å². The topological polar surface area (TPSA) is 52.3 Å². The van der Waals surface area contributed by atoms with E-state index in [1.165, 1.54) is 0 Å². The molecule has 2 rings (SSSR count). The van der Waals surface area contributed by atoms with Gasteiger partial charge in [0.15, 0.2) is 16.6 Å². The third kappa shape index (κ3) is 1.53. The molecule has 0 saturated carbocycles. The second-order valence-electron chi connectivity index (χ2n) is 2.93. The Kier molecular flexibility index (Phi) is 2.46. The predicted molar refractivity (Wildman–Crippen MR) is 47.8 cm³/mol. The number of nitrogens with zero attached hydrogens (tertiary/aromatic N) is 1. The van der Waals surface area contributed by atoms with Gasteiger partial charge in [0.25, 0.3) is 0 Å². The molecule has 5 heteroatoms. The zero-order valence-electron chi connectivity index (χ0n) is 6.83. The highest BCUT2D eigenvalue weighted by Gasteiger charge is 2.26. The molecule has 1 aromatic rings. The van der Waals surface area contributed by atoms with Crippen LogP contribution in [0.1, 0.15) is 28.5 Å². The van der Waals surface area contributed by atoms with Crippen LogP contribution in [-0.4, -0.2) is 24.7 Å². The van der Waals surface area contributed by atoms with Crippen LogP contribution in [0, 0.1) is 0 Å². The van der Waals surface area contributed by atoms with Crippen molar-refractivity contribution >= 4 is 22.2 Å². The number of hydrogen-bond donors (Lipinski definition) is 0. The lowest BCUT2D eigenvalue weighted by molar-refractivity contribution is 0.112. The van der Waals surface area contributed by atoms with E-state index in [2.05, 4.69) is 21.1 Å². The monoisotopic (exact) mass is 245 g/mol. The second kappa shape index (κ2) is 3.59. The van der Waals surface area contributed by atoms with Gasteiger partial charge in [0.1, 0.15) is 0 Å². The Morgan fingerprint density at radius 1 is 1.62 bits per heavy atom. The molecule has 13 heavy (non-hydrogen) atoms. The molecular formula is C8H8BrNO3. The van der Waals surface area contributed by atoms with E-state index >= 15 is 0 Å². The van der Waals surface area contributed by atoms with Crippen LogP contribution in [-0.2, 0) is 4.74 Å². The average molecular weight is 246 g/mol. The summed E-state index contributed by atoms with van der Waals surface area (Å²) in [6, 6.07) is 0. The predicted octanol–water partition coefficient (Wildman–Crippen LogP) is 1.75. The van der Waals surface area contributed by atoms with Gasteiger partial charge in [-0.05, 0) is 22.4 Å². The first-order valence-electron chi connectivity index (χ1n) is 4.01. The molecule has 2 heterocycles. The lowest BCUT2D eigenvalue weighted by atomic mass is 10.0. The number of carbonyl (C=O) groups is 1. The van der Waals surface area contributed by atoms with Gasteiger partial charge in [-0.2, -0.15) is 0 Å². The number of ether oxygens (including phenoxy) is 1. The molecule has 1 saturated heterocycles. The maximum absolute atomic E-state index is 10.7. The zero-order valence-corrected chi connectivity index (χ0v) is 8.41. The number of aromatic nitrogens is 1. The number of carbonyl (C=O) groups excluding carboxylic acids is 1. The maximum atomic E-state index is 10.7.